The van der Waals surface area contributed by atoms with E-state index >= 15 is 0 Å². The number of benzene rings is 2. The van der Waals surface area contributed by atoms with E-state index < -0.39 is 42.3 Å². The lowest BCUT2D eigenvalue weighted by Gasteiger charge is -2.30. The number of nitrogens with one attached hydrogen (secondary N) is 3. The van der Waals surface area contributed by atoms with Crippen LogP contribution in [0.4, 0.5) is 9.59 Å². The number of ether oxygens (including phenoxy) is 2. The summed E-state index contributed by atoms with van der Waals surface area (Å²) in [7, 11) is 0. The third kappa shape index (κ3) is 12.9. The Morgan fingerprint density at radius 3 is 2.00 bits per heavy atom. The van der Waals surface area contributed by atoms with Crippen LogP contribution in [0.5, 0.6) is 0 Å². The molecule has 0 radical (unpaired) electrons. The molecular formula is C39H49N5O7. The molecule has 0 saturated heterocycles. The van der Waals surface area contributed by atoms with Crippen LogP contribution < -0.4 is 16.0 Å². The Kier molecular flexibility index (Phi) is 14.1. The average molecular weight is 700 g/mol. The molecular weight excluding hydrogens is 650 g/mol. The topological polar surface area (TPSA) is 165 Å². The molecule has 2 aromatic heterocycles. The van der Waals surface area contributed by atoms with Gasteiger partial charge < -0.3 is 35.1 Å². The summed E-state index contributed by atoms with van der Waals surface area (Å²) in [6.07, 6.45) is 1.55. The van der Waals surface area contributed by atoms with Crippen molar-refractivity contribution in [2.75, 3.05) is 0 Å². The summed E-state index contributed by atoms with van der Waals surface area (Å²) in [4.78, 5) is 43.6. The van der Waals surface area contributed by atoms with Crippen LogP contribution in [0.25, 0.3) is 0 Å². The van der Waals surface area contributed by atoms with E-state index in [2.05, 4.69) is 26.1 Å². The number of hydrogen-bond acceptors (Lipinski definition) is 9. The fraction of sp³-hybridized carbons (Fsp3) is 0.410. The van der Waals surface area contributed by atoms with Crippen molar-refractivity contribution in [3.63, 3.8) is 0 Å². The zero-order valence-electron chi connectivity index (χ0n) is 29.9. The molecule has 4 rings (SSSR count). The zero-order chi connectivity index (χ0) is 36.8. The van der Waals surface area contributed by atoms with Gasteiger partial charge in [-0.2, -0.15) is 0 Å². The molecule has 2 aromatic carbocycles. The fourth-order valence-corrected chi connectivity index (χ4v) is 5.39. The first-order chi connectivity index (χ1) is 24.4. The van der Waals surface area contributed by atoms with Crippen LogP contribution in [0.2, 0.25) is 0 Å². The largest absolute Gasteiger partial charge is 0.445 e. The molecule has 51 heavy (non-hydrogen) atoms. The van der Waals surface area contributed by atoms with Crippen molar-refractivity contribution in [2.24, 2.45) is 5.92 Å². The monoisotopic (exact) mass is 699 g/mol. The maximum Gasteiger partial charge on any atom is 0.408 e. The number of hydrogen-bond donors (Lipinski definition) is 4. The van der Waals surface area contributed by atoms with Crippen molar-refractivity contribution < 1.29 is 33.5 Å². The van der Waals surface area contributed by atoms with Gasteiger partial charge in [-0.25, -0.2) is 9.59 Å². The van der Waals surface area contributed by atoms with Gasteiger partial charge in [0.1, 0.15) is 30.7 Å². The SMILES string of the molecule is CC(C)C(NC(=O)OCc1cc(C(C)(C)C)on1)C(=O)N[C@@H](Cc1ccccc1)[C@@H](O)C[C@H](Cc1ccccc1)NC(=O)OCc1cccnc1. The number of nitrogens with zero attached hydrogens (tertiary/aromatic N) is 2. The van der Waals surface area contributed by atoms with Crippen molar-refractivity contribution in [3.8, 4) is 0 Å². The summed E-state index contributed by atoms with van der Waals surface area (Å²) in [6.45, 7) is 9.46. The van der Waals surface area contributed by atoms with E-state index in [1.165, 1.54) is 0 Å². The smallest absolute Gasteiger partial charge is 0.408 e. The van der Waals surface area contributed by atoms with Gasteiger partial charge in [-0.1, -0.05) is 107 Å². The Morgan fingerprint density at radius 1 is 0.804 bits per heavy atom. The Labute approximate surface area is 299 Å². The molecule has 272 valence electrons. The number of carbonyl (C=O) groups is 3. The van der Waals surface area contributed by atoms with Crippen LogP contribution in [0, 0.1) is 5.92 Å². The molecule has 4 atom stereocenters. The first-order valence-corrected chi connectivity index (χ1v) is 17.1. The predicted octanol–water partition coefficient (Wildman–Crippen LogP) is 5.63. The summed E-state index contributed by atoms with van der Waals surface area (Å²) >= 11 is 0. The summed E-state index contributed by atoms with van der Waals surface area (Å²) < 4.78 is 16.2. The average Bonchev–Trinajstić information content (AvgIpc) is 3.60. The molecule has 2 heterocycles. The summed E-state index contributed by atoms with van der Waals surface area (Å²) in [5.41, 5.74) is 2.78. The van der Waals surface area contributed by atoms with Crippen LogP contribution in [0.1, 0.15) is 69.2 Å². The number of aliphatic hydroxyl groups excluding tert-OH is 1. The number of amides is 3. The maximum absolute atomic E-state index is 13.8. The van der Waals surface area contributed by atoms with Crippen LogP contribution in [-0.4, -0.2) is 57.6 Å². The third-order valence-corrected chi connectivity index (χ3v) is 8.23. The molecule has 0 bridgehead atoms. The summed E-state index contributed by atoms with van der Waals surface area (Å²) in [5.74, 6) is -0.137. The van der Waals surface area contributed by atoms with E-state index in [0.717, 1.165) is 16.7 Å². The minimum Gasteiger partial charge on any atom is -0.445 e. The molecule has 3 amide bonds. The lowest BCUT2D eigenvalue weighted by atomic mass is 9.93. The highest BCUT2D eigenvalue weighted by Gasteiger charge is 2.31. The highest BCUT2D eigenvalue weighted by atomic mass is 16.6. The summed E-state index contributed by atoms with van der Waals surface area (Å²) in [5, 5.41) is 24.2. The molecule has 1 unspecified atom stereocenters. The Bertz CT molecular complexity index is 1660. The van der Waals surface area contributed by atoms with Crippen LogP contribution in [0.15, 0.2) is 95.8 Å². The van der Waals surface area contributed by atoms with E-state index in [-0.39, 0.29) is 31.0 Å². The first-order valence-electron chi connectivity index (χ1n) is 17.1. The molecule has 0 aliphatic rings. The van der Waals surface area contributed by atoms with Gasteiger partial charge >= 0.3 is 12.2 Å². The molecule has 4 aromatic rings. The second kappa shape index (κ2) is 18.7. The van der Waals surface area contributed by atoms with Gasteiger partial charge in [-0.15, -0.1) is 0 Å². The number of aliphatic hydroxyl groups is 1. The number of aromatic nitrogens is 2. The van der Waals surface area contributed by atoms with Crippen LogP contribution in [-0.2, 0) is 45.7 Å². The number of pyridine rings is 1. The maximum atomic E-state index is 13.8. The molecule has 0 fully saturated rings. The third-order valence-electron chi connectivity index (χ3n) is 8.23. The number of alkyl carbamates (subject to hydrolysis) is 2. The van der Waals surface area contributed by atoms with E-state index in [4.69, 9.17) is 14.0 Å². The van der Waals surface area contributed by atoms with Gasteiger partial charge in [-0.05, 0) is 42.4 Å². The van der Waals surface area contributed by atoms with Gasteiger partial charge in [0.25, 0.3) is 0 Å². The highest BCUT2D eigenvalue weighted by molar-refractivity contribution is 5.86. The first kappa shape index (κ1) is 38.6. The molecule has 12 nitrogen and oxygen atoms in total. The van der Waals surface area contributed by atoms with Gasteiger partial charge in [-0.3, -0.25) is 9.78 Å². The number of carbonyl (C=O) groups excluding carboxylic acids is 3. The van der Waals surface area contributed by atoms with Gasteiger partial charge in [0.15, 0.2) is 0 Å². The molecule has 0 saturated carbocycles. The fourth-order valence-electron chi connectivity index (χ4n) is 5.39. The molecule has 12 heteroatoms. The van der Waals surface area contributed by atoms with E-state index in [1.54, 1.807) is 44.4 Å². The van der Waals surface area contributed by atoms with Gasteiger partial charge in [0.05, 0.1) is 12.1 Å². The lowest BCUT2D eigenvalue weighted by Crippen LogP contribution is -2.56. The van der Waals surface area contributed by atoms with E-state index in [1.807, 2.05) is 81.4 Å². The predicted molar refractivity (Wildman–Crippen MR) is 191 cm³/mol. The Hall–Kier alpha value is -5.23. The van der Waals surface area contributed by atoms with E-state index in [0.29, 0.717) is 24.3 Å². The Morgan fingerprint density at radius 2 is 1.41 bits per heavy atom. The standard InChI is InChI=1S/C39H49N5O7/c1-26(2)35(43-38(48)50-25-31-22-34(51-44-31)39(3,4)5)36(46)42-32(20-28-15-10-7-11-16-28)33(45)21-30(19-27-13-8-6-9-14-27)41-37(47)49-24-29-17-12-18-40-23-29/h6-18,22-23,26,30,32-33,35,45H,19-21,24-25H2,1-5H3,(H,41,47)(H,42,46)(H,43,48)/t30-,32-,33-,35?/m0/s1. The number of rotatable bonds is 16. The second-order valence-corrected chi connectivity index (χ2v) is 14.0. The Balaban J connectivity index is 1.45. The summed E-state index contributed by atoms with van der Waals surface area (Å²) in [6, 6.07) is 22.1. The highest BCUT2D eigenvalue weighted by Crippen LogP contribution is 2.23. The van der Waals surface area contributed by atoms with E-state index in [9.17, 15) is 19.5 Å². The quantitative estimate of drug-likeness (QED) is 0.116. The minimum atomic E-state index is -1.09. The van der Waals surface area contributed by atoms with Crippen LogP contribution in [0.3, 0.4) is 0 Å². The lowest BCUT2D eigenvalue weighted by molar-refractivity contribution is -0.125. The minimum absolute atomic E-state index is 0.0372. The van der Waals surface area contributed by atoms with Crippen molar-refractivity contribution in [1.29, 1.82) is 0 Å². The van der Waals surface area contributed by atoms with Gasteiger partial charge in [0.2, 0.25) is 5.91 Å². The van der Waals surface area contributed by atoms with Crippen molar-refractivity contribution in [1.82, 2.24) is 26.1 Å². The molecule has 0 aliphatic carbocycles. The normalized spacial score (nSPS) is 13.8. The second-order valence-electron chi connectivity index (χ2n) is 14.0. The van der Waals surface area contributed by atoms with Crippen LogP contribution >= 0.6 is 0 Å². The molecule has 0 spiro atoms. The van der Waals surface area contributed by atoms with Gasteiger partial charge in [0, 0.05) is 35.5 Å². The van der Waals surface area contributed by atoms with Crippen molar-refractivity contribution in [2.45, 2.75) is 96.7 Å². The molecule has 0 aliphatic heterocycles. The van der Waals surface area contributed by atoms with Crippen molar-refractivity contribution >= 4 is 18.1 Å². The van der Waals surface area contributed by atoms with Crippen molar-refractivity contribution in [3.05, 3.63) is 119 Å². The zero-order valence-corrected chi connectivity index (χ0v) is 29.9. The molecule has 4 N–H and O–H groups in total.